The van der Waals surface area contributed by atoms with Gasteiger partial charge in [0.05, 0.1) is 0 Å². The van der Waals surface area contributed by atoms with Crippen molar-refractivity contribution in [2.24, 2.45) is 0 Å². The number of nitrogens with zero attached hydrogens (tertiary/aromatic N) is 2. The van der Waals surface area contributed by atoms with Gasteiger partial charge in [0.2, 0.25) is 0 Å². The summed E-state index contributed by atoms with van der Waals surface area (Å²) in [6.07, 6.45) is 2.60. The number of fused-ring (bicyclic) bond motifs is 1. The number of carbonyl (C=O) groups excluding carboxylic acids is 1. The summed E-state index contributed by atoms with van der Waals surface area (Å²) in [5, 5.41) is 12.2. The lowest BCUT2D eigenvalue weighted by atomic mass is 10.00. The largest absolute Gasteiger partial charge is 0.371 e. The quantitative estimate of drug-likeness (QED) is 0.689. The van der Waals surface area contributed by atoms with Crippen molar-refractivity contribution in [2.45, 2.75) is 26.8 Å². The normalized spacial score (nSPS) is 13.8. The minimum atomic E-state index is -0.367. The number of hydrogen-bond acceptors (Lipinski definition) is 3. The van der Waals surface area contributed by atoms with Crippen LogP contribution in [-0.2, 0) is 17.8 Å². The Hall–Kier alpha value is -3.06. The fourth-order valence-electron chi connectivity index (χ4n) is 3.09. The van der Waals surface area contributed by atoms with Crippen LogP contribution in [0.3, 0.4) is 0 Å². The molecule has 0 spiro atoms. The highest BCUT2D eigenvalue weighted by atomic mass is 16.1. The molecule has 0 radical (unpaired) electrons. The molecule has 0 fully saturated rings. The Morgan fingerprint density at radius 2 is 1.96 bits per heavy atom. The molecule has 1 heterocycles. The molecule has 0 atom stereocenters. The van der Waals surface area contributed by atoms with Crippen LogP contribution >= 0.6 is 0 Å². The monoisotopic (exact) mass is 331 g/mol. The van der Waals surface area contributed by atoms with Crippen LogP contribution in [0.4, 0.5) is 5.69 Å². The summed E-state index contributed by atoms with van der Waals surface area (Å²) < 4.78 is 0. The summed E-state index contributed by atoms with van der Waals surface area (Å²) >= 11 is 0. The zero-order valence-corrected chi connectivity index (χ0v) is 14.5. The predicted molar refractivity (Wildman–Crippen MR) is 98.8 cm³/mol. The molecule has 4 nitrogen and oxygen atoms in total. The molecule has 0 saturated heterocycles. The lowest BCUT2D eigenvalue weighted by Crippen LogP contribution is -2.27. The van der Waals surface area contributed by atoms with Gasteiger partial charge in [-0.25, -0.2) is 0 Å². The van der Waals surface area contributed by atoms with E-state index in [0.717, 1.165) is 36.3 Å². The second-order valence-corrected chi connectivity index (χ2v) is 6.42. The Kier molecular flexibility index (Phi) is 4.85. The van der Waals surface area contributed by atoms with Gasteiger partial charge in [-0.3, -0.25) is 4.79 Å². The number of carbonyl (C=O) groups is 1. The van der Waals surface area contributed by atoms with E-state index in [4.69, 9.17) is 0 Å². The fraction of sp³-hybridized carbons (Fsp3) is 0.238. The van der Waals surface area contributed by atoms with Crippen LogP contribution in [0.25, 0.3) is 0 Å². The SMILES string of the molecule is Cc1ccc(NC(=O)/C(C#N)=C\N2CCc3ccccc3C2)c(C)c1. The van der Waals surface area contributed by atoms with Gasteiger partial charge in [0, 0.05) is 25.0 Å². The average molecular weight is 331 g/mol. The van der Waals surface area contributed by atoms with Crippen LogP contribution in [0.1, 0.15) is 22.3 Å². The first-order chi connectivity index (χ1) is 12.1. The molecule has 2 aromatic carbocycles. The summed E-state index contributed by atoms with van der Waals surface area (Å²) in [5.74, 6) is -0.367. The standard InChI is InChI=1S/C21H21N3O/c1-15-7-8-20(16(2)11-15)23-21(25)19(12-22)14-24-10-9-17-5-3-4-6-18(17)13-24/h3-8,11,14H,9-10,13H2,1-2H3,(H,23,25)/b19-14-. The van der Waals surface area contributed by atoms with Crippen molar-refractivity contribution in [3.8, 4) is 6.07 Å². The molecule has 1 aliphatic rings. The van der Waals surface area contributed by atoms with Crippen molar-refractivity contribution in [2.75, 3.05) is 11.9 Å². The molecule has 0 saturated carbocycles. The third-order valence-electron chi connectivity index (χ3n) is 4.47. The van der Waals surface area contributed by atoms with Gasteiger partial charge in [-0.2, -0.15) is 5.26 Å². The van der Waals surface area contributed by atoms with Crippen molar-refractivity contribution in [3.05, 3.63) is 76.5 Å². The summed E-state index contributed by atoms with van der Waals surface area (Å²) in [6, 6.07) is 16.1. The molecule has 0 aliphatic carbocycles. The highest BCUT2D eigenvalue weighted by Gasteiger charge is 2.17. The smallest absolute Gasteiger partial charge is 0.267 e. The average Bonchev–Trinajstić information content (AvgIpc) is 2.61. The van der Waals surface area contributed by atoms with Gasteiger partial charge in [-0.05, 0) is 43.0 Å². The topological polar surface area (TPSA) is 56.1 Å². The van der Waals surface area contributed by atoms with Gasteiger partial charge < -0.3 is 10.2 Å². The minimum absolute atomic E-state index is 0.124. The molecule has 1 amide bonds. The van der Waals surface area contributed by atoms with E-state index in [1.165, 1.54) is 11.1 Å². The molecule has 3 rings (SSSR count). The lowest BCUT2D eigenvalue weighted by molar-refractivity contribution is -0.112. The Morgan fingerprint density at radius 3 is 2.68 bits per heavy atom. The number of nitriles is 1. The van der Waals surface area contributed by atoms with Crippen molar-refractivity contribution < 1.29 is 4.79 Å². The molecule has 1 N–H and O–H groups in total. The van der Waals surface area contributed by atoms with Gasteiger partial charge >= 0.3 is 0 Å². The maximum Gasteiger partial charge on any atom is 0.267 e. The van der Waals surface area contributed by atoms with E-state index in [1.54, 1.807) is 6.20 Å². The van der Waals surface area contributed by atoms with Crippen LogP contribution in [0.15, 0.2) is 54.2 Å². The molecule has 1 aliphatic heterocycles. The molecule has 0 bridgehead atoms. The molecule has 2 aromatic rings. The molecule has 0 unspecified atom stereocenters. The number of anilines is 1. The molecular weight excluding hydrogens is 310 g/mol. The maximum absolute atomic E-state index is 12.5. The Morgan fingerprint density at radius 1 is 1.20 bits per heavy atom. The van der Waals surface area contributed by atoms with Crippen molar-refractivity contribution in [1.82, 2.24) is 4.90 Å². The number of hydrogen-bond donors (Lipinski definition) is 1. The minimum Gasteiger partial charge on any atom is -0.371 e. The molecule has 25 heavy (non-hydrogen) atoms. The number of amides is 1. The first-order valence-electron chi connectivity index (χ1n) is 8.38. The van der Waals surface area contributed by atoms with E-state index in [-0.39, 0.29) is 11.5 Å². The van der Waals surface area contributed by atoms with Gasteiger partial charge in [0.25, 0.3) is 5.91 Å². The number of nitrogens with one attached hydrogen (secondary N) is 1. The fourth-order valence-corrected chi connectivity index (χ4v) is 3.09. The summed E-state index contributed by atoms with van der Waals surface area (Å²) in [4.78, 5) is 14.5. The third kappa shape index (κ3) is 3.89. The van der Waals surface area contributed by atoms with E-state index >= 15 is 0 Å². The zero-order chi connectivity index (χ0) is 17.8. The van der Waals surface area contributed by atoms with Gasteiger partial charge in [-0.1, -0.05) is 42.0 Å². The highest BCUT2D eigenvalue weighted by molar-refractivity contribution is 6.06. The van der Waals surface area contributed by atoms with E-state index in [2.05, 4.69) is 17.4 Å². The first kappa shape index (κ1) is 16.8. The van der Waals surface area contributed by atoms with Crippen LogP contribution in [0.2, 0.25) is 0 Å². The van der Waals surface area contributed by atoms with Crippen LogP contribution in [-0.4, -0.2) is 17.4 Å². The van der Waals surface area contributed by atoms with Crippen molar-refractivity contribution >= 4 is 11.6 Å². The first-order valence-corrected chi connectivity index (χ1v) is 8.38. The molecule has 4 heteroatoms. The second-order valence-electron chi connectivity index (χ2n) is 6.42. The maximum atomic E-state index is 12.5. The van der Waals surface area contributed by atoms with E-state index in [1.807, 2.05) is 55.1 Å². The lowest BCUT2D eigenvalue weighted by Gasteiger charge is -2.27. The Bertz CT molecular complexity index is 877. The molecule has 0 aromatic heterocycles. The molecule has 126 valence electrons. The molecular formula is C21H21N3O. The van der Waals surface area contributed by atoms with Gasteiger partial charge in [0.1, 0.15) is 11.6 Å². The van der Waals surface area contributed by atoms with E-state index < -0.39 is 0 Å². The van der Waals surface area contributed by atoms with Crippen molar-refractivity contribution in [1.29, 1.82) is 5.26 Å². The van der Waals surface area contributed by atoms with E-state index in [9.17, 15) is 10.1 Å². The van der Waals surface area contributed by atoms with E-state index in [0.29, 0.717) is 0 Å². The van der Waals surface area contributed by atoms with Crippen LogP contribution < -0.4 is 5.32 Å². The van der Waals surface area contributed by atoms with Gasteiger partial charge in [0.15, 0.2) is 0 Å². The number of rotatable bonds is 3. The second kappa shape index (κ2) is 7.23. The van der Waals surface area contributed by atoms with Crippen LogP contribution in [0, 0.1) is 25.2 Å². The Labute approximate surface area is 148 Å². The van der Waals surface area contributed by atoms with Crippen molar-refractivity contribution in [3.63, 3.8) is 0 Å². The van der Waals surface area contributed by atoms with Crippen LogP contribution in [0.5, 0.6) is 0 Å². The zero-order valence-electron chi connectivity index (χ0n) is 14.5. The summed E-state index contributed by atoms with van der Waals surface area (Å²) in [7, 11) is 0. The summed E-state index contributed by atoms with van der Waals surface area (Å²) in [5.41, 5.74) is 5.57. The van der Waals surface area contributed by atoms with Gasteiger partial charge in [-0.15, -0.1) is 0 Å². The third-order valence-corrected chi connectivity index (χ3v) is 4.47. The number of aryl methyl sites for hydroxylation is 2. The Balaban J connectivity index is 1.75. The number of benzene rings is 2. The highest BCUT2D eigenvalue weighted by Crippen LogP contribution is 2.20. The summed E-state index contributed by atoms with van der Waals surface area (Å²) in [6.45, 7) is 5.48. The predicted octanol–water partition coefficient (Wildman–Crippen LogP) is 3.71.